The first kappa shape index (κ1) is 13.3. The molecule has 0 N–H and O–H groups in total. The number of carbonyl (C=O) groups excluding carboxylic acids is 1. The van der Waals surface area contributed by atoms with Crippen molar-refractivity contribution >= 4 is 5.97 Å². The molecule has 0 saturated heterocycles. The van der Waals surface area contributed by atoms with Crippen LogP contribution in [-0.2, 0) is 16.0 Å². The molecule has 4 nitrogen and oxygen atoms in total. The molecule has 0 aliphatic heterocycles. The molecule has 1 aromatic rings. The van der Waals surface area contributed by atoms with E-state index in [1.165, 1.54) is 27.2 Å². The number of hydrogen-bond donors (Lipinski definition) is 0. The van der Waals surface area contributed by atoms with E-state index >= 15 is 0 Å². The van der Waals surface area contributed by atoms with Gasteiger partial charge in [-0.2, -0.15) is 0 Å². The lowest BCUT2D eigenvalue weighted by Gasteiger charge is -2.11. The number of esters is 1. The van der Waals surface area contributed by atoms with E-state index < -0.39 is 12.4 Å². The highest BCUT2D eigenvalue weighted by Gasteiger charge is 2.18. The van der Waals surface area contributed by atoms with Gasteiger partial charge in [0.05, 0.1) is 26.3 Å². The number of halogens is 2. The van der Waals surface area contributed by atoms with Crippen molar-refractivity contribution in [1.82, 2.24) is 4.98 Å². The van der Waals surface area contributed by atoms with Crippen LogP contribution in [0.4, 0.5) is 8.78 Å². The Bertz CT molecular complexity index is 421. The highest BCUT2D eigenvalue weighted by atomic mass is 19.3. The van der Waals surface area contributed by atoms with Crippen molar-refractivity contribution < 1.29 is 23.0 Å². The SMILES string of the molecule is COC(=O)Cc1cc(C(F)F)c(C)c(OC)n1. The topological polar surface area (TPSA) is 48.4 Å². The van der Waals surface area contributed by atoms with Gasteiger partial charge in [0.25, 0.3) is 6.43 Å². The maximum atomic E-state index is 12.7. The van der Waals surface area contributed by atoms with Gasteiger partial charge in [-0.05, 0) is 13.0 Å². The average molecular weight is 245 g/mol. The first-order valence-electron chi connectivity index (χ1n) is 4.89. The number of hydrogen-bond acceptors (Lipinski definition) is 4. The second kappa shape index (κ2) is 5.56. The Labute approximate surface area is 97.6 Å². The van der Waals surface area contributed by atoms with E-state index in [2.05, 4.69) is 9.72 Å². The van der Waals surface area contributed by atoms with Gasteiger partial charge in [-0.15, -0.1) is 0 Å². The Morgan fingerprint density at radius 1 is 1.47 bits per heavy atom. The van der Waals surface area contributed by atoms with Gasteiger partial charge in [0.1, 0.15) is 0 Å². The summed E-state index contributed by atoms with van der Waals surface area (Å²) >= 11 is 0. The summed E-state index contributed by atoms with van der Waals surface area (Å²) in [6, 6.07) is 1.19. The molecule has 0 bridgehead atoms. The molecule has 0 spiro atoms. The fraction of sp³-hybridized carbons (Fsp3) is 0.455. The minimum absolute atomic E-state index is 0.0988. The molecule has 17 heavy (non-hydrogen) atoms. The van der Waals surface area contributed by atoms with E-state index in [0.29, 0.717) is 0 Å². The summed E-state index contributed by atoms with van der Waals surface area (Å²) in [7, 11) is 2.56. The lowest BCUT2D eigenvalue weighted by atomic mass is 10.1. The Balaban J connectivity index is 3.15. The van der Waals surface area contributed by atoms with Crippen LogP contribution in [0.15, 0.2) is 6.07 Å². The number of nitrogens with zero attached hydrogens (tertiary/aromatic N) is 1. The molecule has 0 amide bonds. The van der Waals surface area contributed by atoms with Gasteiger partial charge in [0, 0.05) is 11.1 Å². The number of carbonyl (C=O) groups is 1. The van der Waals surface area contributed by atoms with Gasteiger partial charge in [0.15, 0.2) is 0 Å². The van der Waals surface area contributed by atoms with Crippen molar-refractivity contribution in [1.29, 1.82) is 0 Å². The molecule has 1 heterocycles. The smallest absolute Gasteiger partial charge is 0.311 e. The lowest BCUT2D eigenvalue weighted by Crippen LogP contribution is -2.08. The molecule has 0 atom stereocenters. The van der Waals surface area contributed by atoms with E-state index in [-0.39, 0.29) is 29.1 Å². The molecule has 0 saturated carbocycles. The van der Waals surface area contributed by atoms with Crippen LogP contribution in [-0.4, -0.2) is 25.2 Å². The number of pyridine rings is 1. The summed E-state index contributed by atoms with van der Waals surface area (Å²) < 4.78 is 34.8. The number of aromatic nitrogens is 1. The molecule has 0 radical (unpaired) electrons. The Kier molecular flexibility index (Phi) is 4.37. The third-order valence-corrected chi connectivity index (χ3v) is 2.30. The Morgan fingerprint density at radius 3 is 2.59 bits per heavy atom. The van der Waals surface area contributed by atoms with Crippen LogP contribution >= 0.6 is 0 Å². The normalized spacial score (nSPS) is 10.5. The molecule has 6 heteroatoms. The van der Waals surface area contributed by atoms with Crippen molar-refractivity contribution in [2.45, 2.75) is 19.8 Å². The second-order valence-electron chi connectivity index (χ2n) is 3.39. The molecule has 0 fully saturated rings. The zero-order chi connectivity index (χ0) is 13.0. The number of ether oxygens (including phenoxy) is 2. The predicted molar refractivity (Wildman–Crippen MR) is 56.2 cm³/mol. The summed E-state index contributed by atoms with van der Waals surface area (Å²) in [4.78, 5) is 15.0. The zero-order valence-electron chi connectivity index (χ0n) is 9.79. The summed E-state index contributed by atoms with van der Waals surface area (Å²) in [5, 5.41) is 0. The monoisotopic (exact) mass is 245 g/mol. The summed E-state index contributed by atoms with van der Waals surface area (Å²) in [6.07, 6.45) is -2.80. The van der Waals surface area contributed by atoms with Crippen LogP contribution in [0.2, 0.25) is 0 Å². The predicted octanol–water partition coefficient (Wildman–Crippen LogP) is 2.05. The van der Waals surface area contributed by atoms with Crippen molar-refractivity contribution in [2.24, 2.45) is 0 Å². The van der Waals surface area contributed by atoms with E-state index in [9.17, 15) is 13.6 Å². The van der Waals surface area contributed by atoms with Crippen molar-refractivity contribution in [3.05, 3.63) is 22.9 Å². The van der Waals surface area contributed by atoms with Crippen LogP contribution in [0.25, 0.3) is 0 Å². The minimum atomic E-state index is -2.64. The lowest BCUT2D eigenvalue weighted by molar-refractivity contribution is -0.139. The Morgan fingerprint density at radius 2 is 2.12 bits per heavy atom. The summed E-state index contributed by atoms with van der Waals surface area (Å²) in [5.74, 6) is -0.440. The van der Waals surface area contributed by atoms with Gasteiger partial charge < -0.3 is 9.47 Å². The first-order valence-corrected chi connectivity index (χ1v) is 4.89. The van der Waals surface area contributed by atoms with Gasteiger partial charge in [-0.3, -0.25) is 4.79 Å². The quantitative estimate of drug-likeness (QED) is 0.762. The molecule has 1 rings (SSSR count). The van der Waals surface area contributed by atoms with Crippen LogP contribution in [0, 0.1) is 6.92 Å². The van der Waals surface area contributed by atoms with Crippen molar-refractivity contribution in [2.75, 3.05) is 14.2 Å². The largest absolute Gasteiger partial charge is 0.481 e. The molecule has 0 aliphatic carbocycles. The van der Waals surface area contributed by atoms with E-state index in [1.807, 2.05) is 0 Å². The molecular formula is C11H13F2NO3. The van der Waals surface area contributed by atoms with Gasteiger partial charge in [0.2, 0.25) is 5.88 Å². The van der Waals surface area contributed by atoms with Crippen molar-refractivity contribution in [3.63, 3.8) is 0 Å². The van der Waals surface area contributed by atoms with Crippen LogP contribution < -0.4 is 4.74 Å². The number of methoxy groups -OCH3 is 2. The molecule has 1 aromatic heterocycles. The van der Waals surface area contributed by atoms with Gasteiger partial charge in [-0.25, -0.2) is 13.8 Å². The number of rotatable bonds is 4. The summed E-state index contributed by atoms with van der Waals surface area (Å²) in [5.41, 5.74) is 0.293. The fourth-order valence-electron chi connectivity index (χ4n) is 1.39. The number of alkyl halides is 2. The van der Waals surface area contributed by atoms with E-state index in [0.717, 1.165) is 0 Å². The third kappa shape index (κ3) is 3.12. The second-order valence-corrected chi connectivity index (χ2v) is 3.39. The van der Waals surface area contributed by atoms with Gasteiger partial charge >= 0.3 is 5.97 Å². The highest BCUT2D eigenvalue weighted by molar-refractivity contribution is 5.72. The maximum Gasteiger partial charge on any atom is 0.311 e. The first-order chi connectivity index (χ1) is 7.99. The van der Waals surface area contributed by atoms with E-state index in [1.54, 1.807) is 0 Å². The van der Waals surface area contributed by atoms with Crippen LogP contribution in [0.5, 0.6) is 5.88 Å². The average Bonchev–Trinajstić information content (AvgIpc) is 2.30. The highest BCUT2D eigenvalue weighted by Crippen LogP contribution is 2.28. The molecule has 0 unspecified atom stereocenters. The van der Waals surface area contributed by atoms with E-state index in [4.69, 9.17) is 4.74 Å². The van der Waals surface area contributed by atoms with Crippen molar-refractivity contribution in [3.8, 4) is 5.88 Å². The maximum absolute atomic E-state index is 12.7. The molecular weight excluding hydrogens is 232 g/mol. The van der Waals surface area contributed by atoms with Gasteiger partial charge in [-0.1, -0.05) is 0 Å². The standard InChI is InChI=1S/C11H13F2NO3/c1-6-8(10(12)13)4-7(5-9(15)16-2)14-11(6)17-3/h4,10H,5H2,1-3H3. The fourth-order valence-corrected chi connectivity index (χ4v) is 1.39. The zero-order valence-corrected chi connectivity index (χ0v) is 9.79. The third-order valence-electron chi connectivity index (χ3n) is 2.30. The Hall–Kier alpha value is -1.72. The molecule has 0 aliphatic rings. The molecule has 0 aromatic carbocycles. The summed E-state index contributed by atoms with van der Waals surface area (Å²) in [6.45, 7) is 1.50. The molecule has 94 valence electrons. The minimum Gasteiger partial charge on any atom is -0.481 e. The van der Waals surface area contributed by atoms with Crippen LogP contribution in [0.3, 0.4) is 0 Å². The van der Waals surface area contributed by atoms with Crippen LogP contribution in [0.1, 0.15) is 23.2 Å².